The van der Waals surface area contributed by atoms with Gasteiger partial charge >= 0.3 is 0 Å². The second-order valence-electron chi connectivity index (χ2n) is 5.21. The lowest BCUT2D eigenvalue weighted by Crippen LogP contribution is -2.35. The molecule has 2 heterocycles. The molecule has 1 aromatic rings. The van der Waals surface area contributed by atoms with Crippen molar-refractivity contribution in [1.82, 2.24) is 14.7 Å². The quantitative estimate of drug-likeness (QED) is 0.821. The van der Waals surface area contributed by atoms with E-state index in [9.17, 15) is 4.79 Å². The van der Waals surface area contributed by atoms with Crippen LogP contribution in [0.3, 0.4) is 0 Å². The van der Waals surface area contributed by atoms with E-state index in [-0.39, 0.29) is 0 Å². The van der Waals surface area contributed by atoms with Crippen LogP contribution in [0.1, 0.15) is 42.6 Å². The average Bonchev–Trinajstić information content (AvgIpc) is 2.62. The Hall–Kier alpha value is -1.32. The number of rotatable bonds is 3. The predicted molar refractivity (Wildman–Crippen MR) is 71.4 cm³/mol. The van der Waals surface area contributed by atoms with E-state index < -0.39 is 0 Å². The van der Waals surface area contributed by atoms with Crippen molar-refractivity contribution in [2.24, 2.45) is 7.05 Å². The van der Waals surface area contributed by atoms with Gasteiger partial charge in [-0.2, -0.15) is 5.10 Å². The molecule has 0 aromatic carbocycles. The van der Waals surface area contributed by atoms with E-state index >= 15 is 0 Å². The van der Waals surface area contributed by atoms with E-state index in [2.05, 4.69) is 12.0 Å². The van der Waals surface area contributed by atoms with Crippen LogP contribution in [0.2, 0.25) is 0 Å². The van der Waals surface area contributed by atoms with Gasteiger partial charge in [-0.25, -0.2) is 0 Å². The molecule has 0 spiro atoms. The molecule has 4 heteroatoms. The van der Waals surface area contributed by atoms with Crippen molar-refractivity contribution in [3.8, 4) is 0 Å². The minimum Gasteiger partial charge on any atom is -0.343 e. The highest BCUT2D eigenvalue weighted by atomic mass is 16.2. The van der Waals surface area contributed by atoms with Crippen LogP contribution >= 0.6 is 0 Å². The zero-order valence-electron chi connectivity index (χ0n) is 11.7. The molecule has 0 bridgehead atoms. The summed E-state index contributed by atoms with van der Waals surface area (Å²) in [5.74, 6) is 0.303. The van der Waals surface area contributed by atoms with Gasteiger partial charge in [0.05, 0.1) is 5.69 Å². The Kier molecular flexibility index (Phi) is 4.04. The third-order valence-corrected chi connectivity index (χ3v) is 3.96. The summed E-state index contributed by atoms with van der Waals surface area (Å²) < 4.78 is 1.90. The summed E-state index contributed by atoms with van der Waals surface area (Å²) in [6, 6.07) is 0. The number of hydrogen-bond donors (Lipinski definition) is 0. The van der Waals surface area contributed by atoms with Gasteiger partial charge in [-0.1, -0.05) is 0 Å². The van der Waals surface area contributed by atoms with Crippen molar-refractivity contribution in [2.45, 2.75) is 46.0 Å². The second kappa shape index (κ2) is 5.55. The number of nitrogens with zero attached hydrogens (tertiary/aromatic N) is 3. The van der Waals surface area contributed by atoms with Gasteiger partial charge in [0.25, 0.3) is 0 Å². The highest BCUT2D eigenvalue weighted by molar-refractivity contribution is 5.76. The molecular formula is C14H23N3O. The van der Waals surface area contributed by atoms with Crippen LogP contribution in [0.15, 0.2) is 0 Å². The average molecular weight is 249 g/mol. The maximum Gasteiger partial charge on any atom is 0.222 e. The van der Waals surface area contributed by atoms with Crippen LogP contribution in [0.4, 0.5) is 0 Å². The second-order valence-corrected chi connectivity index (χ2v) is 5.21. The van der Waals surface area contributed by atoms with Gasteiger partial charge in [0.15, 0.2) is 0 Å². The number of carbonyl (C=O) groups is 1. The van der Waals surface area contributed by atoms with Crippen molar-refractivity contribution in [3.05, 3.63) is 17.0 Å². The predicted octanol–water partition coefficient (Wildman–Crippen LogP) is 1.98. The Balaban J connectivity index is 1.92. The first-order chi connectivity index (χ1) is 8.59. The lowest BCUT2D eigenvalue weighted by atomic mass is 10.1. The molecular weight excluding hydrogens is 226 g/mol. The SMILES string of the molecule is Cc1nn(C)c(C)c1CCC(=O)N1CCCCC1. The molecule has 1 aromatic heterocycles. The third kappa shape index (κ3) is 2.74. The summed E-state index contributed by atoms with van der Waals surface area (Å²) >= 11 is 0. The highest BCUT2D eigenvalue weighted by Gasteiger charge is 2.17. The molecule has 18 heavy (non-hydrogen) atoms. The van der Waals surface area contributed by atoms with Gasteiger partial charge in [-0.15, -0.1) is 0 Å². The maximum atomic E-state index is 12.1. The van der Waals surface area contributed by atoms with Crippen LogP contribution in [0.5, 0.6) is 0 Å². The number of aryl methyl sites for hydroxylation is 2. The van der Waals surface area contributed by atoms with Crippen molar-refractivity contribution in [1.29, 1.82) is 0 Å². The minimum atomic E-state index is 0.303. The fourth-order valence-corrected chi connectivity index (χ4v) is 2.71. The fraction of sp³-hybridized carbons (Fsp3) is 0.714. The summed E-state index contributed by atoms with van der Waals surface area (Å²) in [6.45, 7) is 5.99. The Bertz CT molecular complexity index is 430. The highest BCUT2D eigenvalue weighted by Crippen LogP contribution is 2.16. The molecule has 1 aliphatic heterocycles. The Morgan fingerprint density at radius 2 is 1.89 bits per heavy atom. The molecule has 2 rings (SSSR count). The lowest BCUT2D eigenvalue weighted by Gasteiger charge is -2.26. The zero-order chi connectivity index (χ0) is 13.1. The summed E-state index contributed by atoms with van der Waals surface area (Å²) in [5.41, 5.74) is 3.48. The van der Waals surface area contributed by atoms with E-state index in [1.807, 2.05) is 23.6 Å². The third-order valence-electron chi connectivity index (χ3n) is 3.96. The molecule has 1 fully saturated rings. The standard InChI is InChI=1S/C14H23N3O/c1-11-13(12(2)16(3)15-11)7-8-14(18)17-9-5-4-6-10-17/h4-10H2,1-3H3. The number of aromatic nitrogens is 2. The number of likely N-dealkylation sites (tertiary alicyclic amines) is 1. The van der Waals surface area contributed by atoms with Crippen LogP contribution in [0.25, 0.3) is 0 Å². The molecule has 100 valence electrons. The number of amides is 1. The summed E-state index contributed by atoms with van der Waals surface area (Å²) in [5, 5.41) is 4.39. The van der Waals surface area contributed by atoms with Crippen molar-refractivity contribution >= 4 is 5.91 Å². The molecule has 4 nitrogen and oxygen atoms in total. The molecule has 0 atom stereocenters. The first-order valence-electron chi connectivity index (χ1n) is 6.86. The minimum absolute atomic E-state index is 0.303. The van der Waals surface area contributed by atoms with E-state index in [1.54, 1.807) is 0 Å². The topological polar surface area (TPSA) is 38.1 Å². The van der Waals surface area contributed by atoms with Crippen LogP contribution in [-0.2, 0) is 18.3 Å². The largest absolute Gasteiger partial charge is 0.343 e. The Morgan fingerprint density at radius 1 is 1.22 bits per heavy atom. The number of piperidine rings is 1. The first-order valence-corrected chi connectivity index (χ1v) is 6.86. The molecule has 1 saturated heterocycles. The zero-order valence-corrected chi connectivity index (χ0v) is 11.7. The van der Waals surface area contributed by atoms with Gasteiger partial charge in [-0.3, -0.25) is 9.48 Å². The Morgan fingerprint density at radius 3 is 2.44 bits per heavy atom. The summed E-state index contributed by atoms with van der Waals surface area (Å²) in [7, 11) is 1.96. The van der Waals surface area contributed by atoms with Crippen LogP contribution < -0.4 is 0 Å². The molecule has 1 aliphatic rings. The van der Waals surface area contributed by atoms with Crippen LogP contribution in [0, 0.1) is 13.8 Å². The van der Waals surface area contributed by atoms with E-state index in [4.69, 9.17) is 0 Å². The van der Waals surface area contributed by atoms with Gasteiger partial charge < -0.3 is 4.90 Å². The molecule has 0 aliphatic carbocycles. The van der Waals surface area contributed by atoms with Crippen LogP contribution in [-0.4, -0.2) is 33.7 Å². The molecule has 0 radical (unpaired) electrons. The van der Waals surface area contributed by atoms with Gasteiger partial charge in [-0.05, 0) is 45.1 Å². The maximum absolute atomic E-state index is 12.1. The fourth-order valence-electron chi connectivity index (χ4n) is 2.71. The first kappa shape index (κ1) is 13.1. The van der Waals surface area contributed by atoms with E-state index in [1.165, 1.54) is 17.7 Å². The normalized spacial score (nSPS) is 16.1. The number of carbonyl (C=O) groups excluding carboxylic acids is 1. The summed E-state index contributed by atoms with van der Waals surface area (Å²) in [6.07, 6.45) is 5.03. The monoisotopic (exact) mass is 249 g/mol. The Labute approximate surface area is 109 Å². The van der Waals surface area contributed by atoms with Crippen molar-refractivity contribution in [3.63, 3.8) is 0 Å². The molecule has 0 N–H and O–H groups in total. The van der Waals surface area contributed by atoms with Gasteiger partial charge in [0.1, 0.15) is 0 Å². The van der Waals surface area contributed by atoms with Crippen molar-refractivity contribution in [2.75, 3.05) is 13.1 Å². The van der Waals surface area contributed by atoms with E-state index in [0.717, 1.165) is 38.0 Å². The molecule has 1 amide bonds. The summed E-state index contributed by atoms with van der Waals surface area (Å²) in [4.78, 5) is 14.1. The number of hydrogen-bond acceptors (Lipinski definition) is 2. The van der Waals surface area contributed by atoms with Gasteiger partial charge in [0, 0.05) is 32.3 Å². The van der Waals surface area contributed by atoms with Crippen molar-refractivity contribution < 1.29 is 4.79 Å². The van der Waals surface area contributed by atoms with E-state index in [0.29, 0.717) is 12.3 Å². The molecule has 0 unspecified atom stereocenters. The lowest BCUT2D eigenvalue weighted by molar-refractivity contribution is -0.132. The molecule has 0 saturated carbocycles. The smallest absolute Gasteiger partial charge is 0.222 e. The van der Waals surface area contributed by atoms with Gasteiger partial charge in [0.2, 0.25) is 5.91 Å².